The summed E-state index contributed by atoms with van der Waals surface area (Å²) in [6.07, 6.45) is 2.18. The van der Waals surface area contributed by atoms with Crippen molar-refractivity contribution >= 4 is 5.91 Å². The quantitative estimate of drug-likeness (QED) is 0.647. The van der Waals surface area contributed by atoms with Crippen LogP contribution in [0.3, 0.4) is 0 Å². The second-order valence-corrected chi connectivity index (χ2v) is 3.64. The van der Waals surface area contributed by atoms with E-state index < -0.39 is 0 Å². The average Bonchev–Trinajstić information content (AvgIpc) is 2.00. The summed E-state index contributed by atoms with van der Waals surface area (Å²) in [6, 6.07) is 0.253. The monoisotopic (exact) mass is 172 g/mol. The summed E-state index contributed by atoms with van der Waals surface area (Å²) in [7, 11) is 0. The zero-order valence-electron chi connectivity index (χ0n) is 8.26. The van der Waals surface area contributed by atoms with E-state index in [1.807, 2.05) is 6.92 Å². The van der Waals surface area contributed by atoms with Gasteiger partial charge in [0.15, 0.2) is 0 Å². The van der Waals surface area contributed by atoms with E-state index in [0.717, 1.165) is 12.8 Å². The molecule has 0 aliphatic carbocycles. The van der Waals surface area contributed by atoms with Gasteiger partial charge in [0, 0.05) is 6.04 Å². The molecule has 0 aromatic carbocycles. The maximum atomic E-state index is 10.8. The summed E-state index contributed by atoms with van der Waals surface area (Å²) in [6.45, 7) is 6.46. The van der Waals surface area contributed by atoms with Gasteiger partial charge in [-0.25, -0.2) is 0 Å². The summed E-state index contributed by atoms with van der Waals surface area (Å²) >= 11 is 0. The molecule has 3 N–H and O–H groups in total. The van der Waals surface area contributed by atoms with Crippen LogP contribution in [0.25, 0.3) is 0 Å². The molecule has 0 aromatic rings. The Kier molecular flexibility index (Phi) is 5.72. The number of nitrogens with two attached hydrogens (primary N) is 1. The molecule has 1 amide bonds. The molecule has 3 nitrogen and oxygen atoms in total. The van der Waals surface area contributed by atoms with Gasteiger partial charge in [0.1, 0.15) is 0 Å². The van der Waals surface area contributed by atoms with Gasteiger partial charge in [-0.2, -0.15) is 0 Å². The highest BCUT2D eigenvalue weighted by atomic mass is 16.1. The van der Waals surface area contributed by atoms with Gasteiger partial charge in [0.05, 0.1) is 6.54 Å². The number of nitrogens with one attached hydrogen (secondary N) is 1. The molecule has 1 unspecified atom stereocenters. The Labute approximate surface area is 74.7 Å². The van der Waals surface area contributed by atoms with Crippen LogP contribution >= 0.6 is 0 Å². The van der Waals surface area contributed by atoms with Crippen LogP contribution in [0.4, 0.5) is 0 Å². The first kappa shape index (κ1) is 11.4. The van der Waals surface area contributed by atoms with E-state index in [1.54, 1.807) is 0 Å². The van der Waals surface area contributed by atoms with E-state index in [-0.39, 0.29) is 18.5 Å². The predicted octanol–water partition coefficient (Wildman–Crippen LogP) is 0.886. The molecule has 3 heteroatoms. The first-order chi connectivity index (χ1) is 5.56. The van der Waals surface area contributed by atoms with Crippen LogP contribution in [0.5, 0.6) is 0 Å². The zero-order valence-corrected chi connectivity index (χ0v) is 8.26. The van der Waals surface area contributed by atoms with Gasteiger partial charge in [0.2, 0.25) is 5.91 Å². The molecule has 0 saturated heterocycles. The van der Waals surface area contributed by atoms with Crippen LogP contribution in [0, 0.1) is 5.92 Å². The predicted molar refractivity (Wildman–Crippen MR) is 50.7 cm³/mol. The lowest BCUT2D eigenvalue weighted by atomic mass is 10.0. The van der Waals surface area contributed by atoms with E-state index in [0.29, 0.717) is 5.92 Å². The highest BCUT2D eigenvalue weighted by Crippen LogP contribution is 2.05. The van der Waals surface area contributed by atoms with Gasteiger partial charge >= 0.3 is 0 Å². The Morgan fingerprint density at radius 2 is 1.92 bits per heavy atom. The molecule has 0 bridgehead atoms. The molecule has 0 spiro atoms. The van der Waals surface area contributed by atoms with Gasteiger partial charge in [-0.05, 0) is 25.7 Å². The normalized spacial score (nSPS) is 13.1. The smallest absolute Gasteiger partial charge is 0.233 e. The minimum atomic E-state index is -0.0637. The molecule has 72 valence electrons. The van der Waals surface area contributed by atoms with Crippen molar-refractivity contribution in [3.05, 3.63) is 0 Å². The molecule has 12 heavy (non-hydrogen) atoms. The van der Waals surface area contributed by atoms with E-state index in [9.17, 15) is 4.79 Å². The van der Waals surface area contributed by atoms with Crippen molar-refractivity contribution < 1.29 is 4.79 Å². The van der Waals surface area contributed by atoms with Gasteiger partial charge < -0.3 is 11.1 Å². The molecule has 0 radical (unpaired) electrons. The molecule has 1 atom stereocenters. The van der Waals surface area contributed by atoms with Crippen molar-refractivity contribution in [2.24, 2.45) is 11.7 Å². The Morgan fingerprint density at radius 3 is 2.33 bits per heavy atom. The number of hydrogen-bond donors (Lipinski definition) is 2. The van der Waals surface area contributed by atoms with Crippen molar-refractivity contribution in [3.8, 4) is 0 Å². The first-order valence-electron chi connectivity index (χ1n) is 4.55. The minimum absolute atomic E-state index is 0.0637. The van der Waals surface area contributed by atoms with Gasteiger partial charge in [0.25, 0.3) is 0 Å². The second-order valence-electron chi connectivity index (χ2n) is 3.64. The first-order valence-corrected chi connectivity index (χ1v) is 4.55. The van der Waals surface area contributed by atoms with Crippen molar-refractivity contribution in [2.45, 2.75) is 39.7 Å². The van der Waals surface area contributed by atoms with Crippen molar-refractivity contribution in [3.63, 3.8) is 0 Å². The zero-order chi connectivity index (χ0) is 9.56. The molecule has 0 aliphatic rings. The molecule has 0 rings (SSSR count). The fraction of sp³-hybridized carbons (Fsp3) is 0.889. The Hall–Kier alpha value is -0.570. The summed E-state index contributed by atoms with van der Waals surface area (Å²) in [5, 5.41) is 2.82. The number of amides is 1. The summed E-state index contributed by atoms with van der Waals surface area (Å²) < 4.78 is 0. The van der Waals surface area contributed by atoms with E-state index in [4.69, 9.17) is 5.73 Å². The molecule has 0 aliphatic heterocycles. The molecule has 0 heterocycles. The number of carbonyl (C=O) groups excluding carboxylic acids is 1. The standard InChI is InChI=1S/C9H20N2O/c1-7(2)4-5-8(3)11-9(12)6-10/h7-8H,4-6,10H2,1-3H3,(H,11,12). The number of rotatable bonds is 5. The Balaban J connectivity index is 3.45. The van der Waals surface area contributed by atoms with Crippen LogP contribution in [-0.2, 0) is 4.79 Å². The third kappa shape index (κ3) is 6.16. The van der Waals surface area contributed by atoms with Crippen LogP contribution in [-0.4, -0.2) is 18.5 Å². The maximum Gasteiger partial charge on any atom is 0.233 e. The topological polar surface area (TPSA) is 55.1 Å². The van der Waals surface area contributed by atoms with Gasteiger partial charge in [-0.15, -0.1) is 0 Å². The highest BCUT2D eigenvalue weighted by Gasteiger charge is 2.05. The summed E-state index contributed by atoms with van der Waals surface area (Å²) in [5.74, 6) is 0.633. The SMILES string of the molecule is CC(C)CCC(C)NC(=O)CN. The Morgan fingerprint density at radius 1 is 1.33 bits per heavy atom. The highest BCUT2D eigenvalue weighted by molar-refractivity contribution is 5.77. The average molecular weight is 172 g/mol. The molecular weight excluding hydrogens is 152 g/mol. The minimum Gasteiger partial charge on any atom is -0.353 e. The molecular formula is C9H20N2O. The van der Waals surface area contributed by atoms with Crippen molar-refractivity contribution in [1.29, 1.82) is 0 Å². The molecule has 0 aromatic heterocycles. The van der Waals surface area contributed by atoms with Crippen molar-refractivity contribution in [2.75, 3.05) is 6.54 Å². The van der Waals surface area contributed by atoms with E-state index in [1.165, 1.54) is 0 Å². The van der Waals surface area contributed by atoms with Crippen LogP contribution in [0.1, 0.15) is 33.6 Å². The van der Waals surface area contributed by atoms with Gasteiger partial charge in [-0.1, -0.05) is 13.8 Å². The van der Waals surface area contributed by atoms with Crippen LogP contribution in [0.15, 0.2) is 0 Å². The lowest BCUT2D eigenvalue weighted by molar-refractivity contribution is -0.120. The van der Waals surface area contributed by atoms with Gasteiger partial charge in [-0.3, -0.25) is 4.79 Å². The molecule has 0 saturated carbocycles. The third-order valence-corrected chi connectivity index (χ3v) is 1.77. The largest absolute Gasteiger partial charge is 0.353 e. The number of carbonyl (C=O) groups is 1. The second kappa shape index (κ2) is 6.00. The lowest BCUT2D eigenvalue weighted by Crippen LogP contribution is -2.37. The number of hydrogen-bond acceptors (Lipinski definition) is 2. The van der Waals surface area contributed by atoms with Crippen molar-refractivity contribution in [1.82, 2.24) is 5.32 Å². The fourth-order valence-corrected chi connectivity index (χ4v) is 0.989. The summed E-state index contributed by atoms with van der Waals surface area (Å²) in [5.41, 5.74) is 5.16. The summed E-state index contributed by atoms with van der Waals surface area (Å²) in [4.78, 5) is 10.8. The Bertz CT molecular complexity index is 134. The van der Waals surface area contributed by atoms with E-state index >= 15 is 0 Å². The fourth-order valence-electron chi connectivity index (χ4n) is 0.989. The third-order valence-electron chi connectivity index (χ3n) is 1.77. The van der Waals surface area contributed by atoms with Crippen LogP contribution < -0.4 is 11.1 Å². The molecule has 0 fully saturated rings. The van der Waals surface area contributed by atoms with E-state index in [2.05, 4.69) is 19.2 Å². The lowest BCUT2D eigenvalue weighted by Gasteiger charge is -2.14. The maximum absolute atomic E-state index is 10.8. The van der Waals surface area contributed by atoms with Crippen LogP contribution in [0.2, 0.25) is 0 Å².